The van der Waals surface area contributed by atoms with Crippen molar-refractivity contribution in [3.8, 4) is 28.7 Å². The maximum atomic E-state index is 11.7. The third-order valence-corrected chi connectivity index (χ3v) is 4.36. The van der Waals surface area contributed by atoms with Crippen molar-refractivity contribution in [1.82, 2.24) is 0 Å². The van der Waals surface area contributed by atoms with Gasteiger partial charge in [-0.1, -0.05) is 24.3 Å². The molecule has 0 saturated carbocycles. The van der Waals surface area contributed by atoms with E-state index in [-0.39, 0.29) is 5.78 Å². The molecule has 3 aromatic rings. The SMILES string of the molecule is CCOc1ccc(C(C)=O)cc1COc1ccc(-c2ccc(C#N)cc2)cc1. The Morgan fingerprint density at radius 1 is 0.929 bits per heavy atom. The van der Waals surface area contributed by atoms with Gasteiger partial charge in [-0.15, -0.1) is 0 Å². The van der Waals surface area contributed by atoms with Crippen molar-refractivity contribution in [2.45, 2.75) is 20.5 Å². The van der Waals surface area contributed by atoms with E-state index in [1.807, 2.05) is 55.5 Å². The summed E-state index contributed by atoms with van der Waals surface area (Å²) in [5.74, 6) is 1.46. The van der Waals surface area contributed by atoms with Crippen molar-refractivity contribution >= 4 is 5.78 Å². The number of Topliss-reactive ketones (excluding diaryl/α,β-unsaturated/α-hetero) is 1. The van der Waals surface area contributed by atoms with Crippen LogP contribution in [0, 0.1) is 11.3 Å². The first-order valence-corrected chi connectivity index (χ1v) is 9.10. The van der Waals surface area contributed by atoms with Crippen molar-refractivity contribution < 1.29 is 14.3 Å². The van der Waals surface area contributed by atoms with Gasteiger partial charge in [0.2, 0.25) is 0 Å². The van der Waals surface area contributed by atoms with E-state index in [0.29, 0.717) is 24.3 Å². The summed E-state index contributed by atoms with van der Waals surface area (Å²) in [5, 5.41) is 8.89. The van der Waals surface area contributed by atoms with E-state index in [1.165, 1.54) is 0 Å². The monoisotopic (exact) mass is 371 g/mol. The molecule has 0 atom stereocenters. The van der Waals surface area contributed by atoms with Gasteiger partial charge in [-0.25, -0.2) is 0 Å². The molecule has 0 aliphatic carbocycles. The average Bonchev–Trinajstić information content (AvgIpc) is 2.73. The van der Waals surface area contributed by atoms with Crippen molar-refractivity contribution in [2.24, 2.45) is 0 Å². The third-order valence-electron chi connectivity index (χ3n) is 4.36. The van der Waals surface area contributed by atoms with Crippen LogP contribution in [-0.2, 0) is 6.61 Å². The van der Waals surface area contributed by atoms with Gasteiger partial charge in [-0.3, -0.25) is 4.79 Å². The Balaban J connectivity index is 1.73. The topological polar surface area (TPSA) is 59.3 Å². The van der Waals surface area contributed by atoms with E-state index in [9.17, 15) is 4.79 Å². The van der Waals surface area contributed by atoms with Gasteiger partial charge in [-0.05, 0) is 67.4 Å². The number of hydrogen-bond acceptors (Lipinski definition) is 4. The molecule has 0 spiro atoms. The van der Waals surface area contributed by atoms with E-state index in [2.05, 4.69) is 6.07 Å². The fourth-order valence-electron chi connectivity index (χ4n) is 2.85. The van der Waals surface area contributed by atoms with Crippen LogP contribution in [0.3, 0.4) is 0 Å². The lowest BCUT2D eigenvalue weighted by Gasteiger charge is -2.13. The second-order valence-corrected chi connectivity index (χ2v) is 6.31. The molecule has 0 fully saturated rings. The van der Waals surface area contributed by atoms with Gasteiger partial charge in [0.05, 0.1) is 18.2 Å². The van der Waals surface area contributed by atoms with Gasteiger partial charge in [0, 0.05) is 11.1 Å². The van der Waals surface area contributed by atoms with Crippen LogP contribution in [0.15, 0.2) is 66.7 Å². The highest BCUT2D eigenvalue weighted by Crippen LogP contribution is 2.25. The Bertz CT molecular complexity index is 1000. The number of benzene rings is 3. The highest BCUT2D eigenvalue weighted by molar-refractivity contribution is 5.94. The molecular formula is C24H21NO3. The predicted octanol–water partition coefficient (Wildman–Crippen LogP) is 5.41. The number of nitrogens with zero attached hydrogens (tertiary/aromatic N) is 1. The minimum atomic E-state index is 0.0102. The van der Waals surface area contributed by atoms with Gasteiger partial charge in [0.15, 0.2) is 5.78 Å². The summed E-state index contributed by atoms with van der Waals surface area (Å²) in [6.45, 7) is 4.33. The smallest absolute Gasteiger partial charge is 0.159 e. The zero-order valence-electron chi connectivity index (χ0n) is 15.9. The maximum absolute atomic E-state index is 11.7. The second-order valence-electron chi connectivity index (χ2n) is 6.31. The Hall–Kier alpha value is -3.58. The molecule has 0 aromatic heterocycles. The van der Waals surface area contributed by atoms with Crippen LogP contribution in [0.4, 0.5) is 0 Å². The van der Waals surface area contributed by atoms with Crippen molar-refractivity contribution in [3.05, 3.63) is 83.4 Å². The third kappa shape index (κ3) is 4.57. The molecule has 0 bridgehead atoms. The van der Waals surface area contributed by atoms with Gasteiger partial charge < -0.3 is 9.47 Å². The molecule has 0 aliphatic rings. The van der Waals surface area contributed by atoms with Crippen LogP contribution in [0.1, 0.15) is 35.3 Å². The number of hydrogen-bond donors (Lipinski definition) is 0. The first kappa shape index (κ1) is 19.2. The first-order valence-electron chi connectivity index (χ1n) is 9.10. The lowest BCUT2D eigenvalue weighted by atomic mass is 10.0. The van der Waals surface area contributed by atoms with E-state index < -0.39 is 0 Å². The Labute approximate surface area is 165 Å². The quantitative estimate of drug-likeness (QED) is 0.521. The zero-order chi connectivity index (χ0) is 19.9. The molecular weight excluding hydrogens is 350 g/mol. The minimum absolute atomic E-state index is 0.0102. The summed E-state index contributed by atoms with van der Waals surface area (Å²) in [7, 11) is 0. The zero-order valence-corrected chi connectivity index (χ0v) is 15.9. The standard InChI is InChI=1S/C24H21NO3/c1-3-27-24-13-10-21(17(2)26)14-22(24)16-28-23-11-8-20(9-12-23)19-6-4-18(15-25)5-7-19/h4-14H,3,16H2,1-2H3. The predicted molar refractivity (Wildman–Crippen MR) is 109 cm³/mol. The van der Waals surface area contributed by atoms with E-state index in [1.54, 1.807) is 25.1 Å². The number of carbonyl (C=O) groups is 1. The first-order chi connectivity index (χ1) is 13.6. The Morgan fingerprint density at radius 3 is 2.14 bits per heavy atom. The molecule has 0 N–H and O–H groups in total. The number of nitriles is 1. The van der Waals surface area contributed by atoms with Crippen LogP contribution < -0.4 is 9.47 Å². The second kappa shape index (κ2) is 8.88. The normalized spacial score (nSPS) is 10.2. The summed E-state index contributed by atoms with van der Waals surface area (Å²) in [4.78, 5) is 11.7. The van der Waals surface area contributed by atoms with Gasteiger partial charge >= 0.3 is 0 Å². The molecule has 0 unspecified atom stereocenters. The minimum Gasteiger partial charge on any atom is -0.493 e. The molecule has 0 amide bonds. The van der Waals surface area contributed by atoms with E-state index in [4.69, 9.17) is 14.7 Å². The molecule has 3 aromatic carbocycles. The highest BCUT2D eigenvalue weighted by Gasteiger charge is 2.09. The van der Waals surface area contributed by atoms with Crippen LogP contribution in [0.5, 0.6) is 11.5 Å². The Morgan fingerprint density at radius 2 is 1.57 bits per heavy atom. The van der Waals surface area contributed by atoms with Crippen molar-refractivity contribution in [1.29, 1.82) is 5.26 Å². The highest BCUT2D eigenvalue weighted by atomic mass is 16.5. The van der Waals surface area contributed by atoms with Gasteiger partial charge in [0.1, 0.15) is 18.1 Å². The van der Waals surface area contributed by atoms with Crippen LogP contribution in [0.25, 0.3) is 11.1 Å². The molecule has 0 aliphatic heterocycles. The molecule has 3 rings (SSSR count). The lowest BCUT2D eigenvalue weighted by Crippen LogP contribution is -2.03. The van der Waals surface area contributed by atoms with Crippen molar-refractivity contribution in [3.63, 3.8) is 0 Å². The lowest BCUT2D eigenvalue weighted by molar-refractivity contribution is 0.101. The summed E-state index contributed by atoms with van der Waals surface area (Å²) >= 11 is 0. The average molecular weight is 371 g/mol. The number of ketones is 1. The fraction of sp³-hybridized carbons (Fsp3) is 0.167. The number of ether oxygens (including phenoxy) is 2. The van der Waals surface area contributed by atoms with E-state index >= 15 is 0 Å². The van der Waals surface area contributed by atoms with Gasteiger partial charge in [0.25, 0.3) is 0 Å². The molecule has 0 heterocycles. The van der Waals surface area contributed by atoms with Crippen LogP contribution in [0.2, 0.25) is 0 Å². The molecule has 140 valence electrons. The Kier molecular flexibility index (Phi) is 6.08. The summed E-state index contributed by atoms with van der Waals surface area (Å²) in [6.07, 6.45) is 0. The summed E-state index contributed by atoms with van der Waals surface area (Å²) < 4.78 is 11.5. The summed E-state index contributed by atoms with van der Waals surface area (Å²) in [6, 6.07) is 22.7. The molecule has 0 radical (unpaired) electrons. The van der Waals surface area contributed by atoms with Gasteiger partial charge in [-0.2, -0.15) is 5.26 Å². The van der Waals surface area contributed by atoms with Crippen LogP contribution in [-0.4, -0.2) is 12.4 Å². The molecule has 4 heteroatoms. The maximum Gasteiger partial charge on any atom is 0.159 e. The molecule has 4 nitrogen and oxygen atoms in total. The fourth-order valence-corrected chi connectivity index (χ4v) is 2.85. The van der Waals surface area contributed by atoms with Crippen LogP contribution >= 0.6 is 0 Å². The molecule has 0 saturated heterocycles. The van der Waals surface area contributed by atoms with Crippen molar-refractivity contribution in [2.75, 3.05) is 6.61 Å². The molecule has 28 heavy (non-hydrogen) atoms. The number of carbonyl (C=O) groups excluding carboxylic acids is 1. The van der Waals surface area contributed by atoms with E-state index in [0.717, 1.165) is 28.2 Å². The largest absolute Gasteiger partial charge is 0.493 e. The summed E-state index contributed by atoms with van der Waals surface area (Å²) in [5.41, 5.74) is 4.20. The number of rotatable bonds is 7.